The molecule has 2 aromatic rings. The molecule has 190 valence electrons. The number of carbonyl (C=O) groups is 3. The number of hydrogen-bond donors (Lipinski definition) is 6. The SMILES string of the molecule is CC(C)C[C@H](N)C(=O)O.O=C(N[C@@H](Cc1ccccc1)C(=O)O)c1cccc([N+](=O)[O-])c1.OBO. The maximum absolute atomic E-state index is 12.1. The first kappa shape index (κ1) is 31.2. The van der Waals surface area contributed by atoms with Crippen LogP contribution in [0, 0.1) is 16.0 Å². The minimum absolute atomic E-state index is 0.0403. The van der Waals surface area contributed by atoms with Gasteiger partial charge < -0.3 is 31.3 Å². The van der Waals surface area contributed by atoms with Crippen LogP contribution in [0.2, 0.25) is 0 Å². The van der Waals surface area contributed by atoms with Gasteiger partial charge in [-0.2, -0.15) is 0 Å². The molecular formula is C22H30BN3O9. The highest BCUT2D eigenvalue weighted by atomic mass is 16.6. The van der Waals surface area contributed by atoms with Crippen molar-refractivity contribution in [2.45, 2.75) is 38.8 Å². The second kappa shape index (κ2) is 16.8. The average Bonchev–Trinajstić information content (AvgIpc) is 2.79. The van der Waals surface area contributed by atoms with Gasteiger partial charge in [0, 0.05) is 24.1 Å². The maximum Gasteiger partial charge on any atom is 0.432 e. The van der Waals surface area contributed by atoms with Crippen molar-refractivity contribution in [1.82, 2.24) is 5.32 Å². The van der Waals surface area contributed by atoms with Gasteiger partial charge in [-0.15, -0.1) is 0 Å². The highest BCUT2D eigenvalue weighted by Crippen LogP contribution is 2.13. The Labute approximate surface area is 202 Å². The van der Waals surface area contributed by atoms with Crippen LogP contribution in [-0.2, 0) is 16.0 Å². The fourth-order valence-electron chi connectivity index (χ4n) is 2.66. The number of nitrogens with two attached hydrogens (primary N) is 1. The van der Waals surface area contributed by atoms with E-state index in [0.717, 1.165) is 11.6 Å². The zero-order chi connectivity index (χ0) is 27.0. The Balaban J connectivity index is 0.000000806. The summed E-state index contributed by atoms with van der Waals surface area (Å²) in [6, 6.07) is 12.2. The van der Waals surface area contributed by atoms with E-state index < -0.39 is 42.5 Å². The normalized spacial score (nSPS) is 11.5. The van der Waals surface area contributed by atoms with Crippen LogP contribution in [0.5, 0.6) is 0 Å². The van der Waals surface area contributed by atoms with Gasteiger partial charge in [-0.25, -0.2) is 4.79 Å². The second-order valence-electron chi connectivity index (χ2n) is 7.58. The summed E-state index contributed by atoms with van der Waals surface area (Å²) in [6.45, 7) is 3.89. The van der Waals surface area contributed by atoms with Crippen LogP contribution < -0.4 is 11.1 Å². The number of nitro benzene ring substituents is 1. The number of amides is 1. The van der Waals surface area contributed by atoms with E-state index in [9.17, 15) is 29.6 Å². The predicted molar refractivity (Wildman–Crippen MR) is 129 cm³/mol. The van der Waals surface area contributed by atoms with E-state index >= 15 is 0 Å². The first-order valence-electron chi connectivity index (χ1n) is 10.4. The Kier molecular flexibility index (Phi) is 14.9. The first-order valence-corrected chi connectivity index (χ1v) is 10.4. The number of rotatable bonds is 9. The molecule has 0 saturated carbocycles. The number of benzene rings is 2. The van der Waals surface area contributed by atoms with E-state index in [0.29, 0.717) is 12.3 Å². The van der Waals surface area contributed by atoms with Crippen molar-refractivity contribution in [2.24, 2.45) is 11.7 Å². The molecule has 2 aromatic carbocycles. The van der Waals surface area contributed by atoms with Crippen molar-refractivity contribution in [3.8, 4) is 0 Å². The number of hydrogen-bond acceptors (Lipinski definition) is 8. The number of carboxylic acids is 2. The van der Waals surface area contributed by atoms with Crippen LogP contribution in [-0.4, -0.2) is 62.8 Å². The second-order valence-corrected chi connectivity index (χ2v) is 7.58. The Bertz CT molecular complexity index is 958. The van der Waals surface area contributed by atoms with Gasteiger partial charge >= 0.3 is 19.6 Å². The fourth-order valence-corrected chi connectivity index (χ4v) is 2.66. The lowest BCUT2D eigenvalue weighted by atomic mass is 10.1. The summed E-state index contributed by atoms with van der Waals surface area (Å²) in [5.41, 5.74) is 5.79. The summed E-state index contributed by atoms with van der Waals surface area (Å²) in [6.07, 6.45) is 0.673. The lowest BCUT2D eigenvalue weighted by molar-refractivity contribution is -0.384. The third-order valence-corrected chi connectivity index (χ3v) is 4.25. The van der Waals surface area contributed by atoms with Crippen LogP contribution >= 0.6 is 0 Å². The molecule has 0 bridgehead atoms. The quantitative estimate of drug-likeness (QED) is 0.164. The summed E-state index contributed by atoms with van der Waals surface area (Å²) < 4.78 is 0. The summed E-state index contributed by atoms with van der Waals surface area (Å²) in [7, 11) is -0.750. The molecular weight excluding hydrogens is 461 g/mol. The lowest BCUT2D eigenvalue weighted by Crippen LogP contribution is -2.42. The molecule has 12 nitrogen and oxygen atoms in total. The van der Waals surface area contributed by atoms with Crippen LogP contribution in [0.25, 0.3) is 0 Å². The van der Waals surface area contributed by atoms with Crippen LogP contribution in [0.15, 0.2) is 54.6 Å². The number of nitrogens with one attached hydrogen (secondary N) is 1. The fraction of sp³-hybridized carbons (Fsp3) is 0.318. The van der Waals surface area contributed by atoms with Crippen LogP contribution in [0.4, 0.5) is 5.69 Å². The third-order valence-electron chi connectivity index (χ3n) is 4.25. The zero-order valence-corrected chi connectivity index (χ0v) is 19.4. The Morgan fingerprint density at radius 1 is 1.03 bits per heavy atom. The standard InChI is InChI=1S/C16H14N2O5.C6H13NO2.BH3O2/c19-15(12-7-4-8-13(10-12)18(22)23)17-14(16(20)21)9-11-5-2-1-3-6-11;1-4(2)3-5(7)6(8)9;2-1-3/h1-8,10,14H,9H2,(H,17,19)(H,20,21);4-5H,3,7H2,1-2H3,(H,8,9);1-3H/t14-;5-;/m00./s1. The van der Waals surface area contributed by atoms with E-state index in [-0.39, 0.29) is 17.7 Å². The molecule has 0 aliphatic rings. The molecule has 0 aliphatic carbocycles. The molecule has 2 rings (SSSR count). The maximum atomic E-state index is 12.1. The van der Waals surface area contributed by atoms with Crippen molar-refractivity contribution in [1.29, 1.82) is 0 Å². The van der Waals surface area contributed by atoms with Gasteiger partial charge in [-0.3, -0.25) is 19.7 Å². The number of non-ortho nitro benzene ring substituents is 1. The van der Waals surface area contributed by atoms with Crippen LogP contribution in [0.3, 0.4) is 0 Å². The van der Waals surface area contributed by atoms with Crippen molar-refractivity contribution in [3.63, 3.8) is 0 Å². The van der Waals surface area contributed by atoms with Crippen molar-refractivity contribution in [3.05, 3.63) is 75.8 Å². The molecule has 1 amide bonds. The van der Waals surface area contributed by atoms with Gasteiger partial charge in [-0.05, 0) is 24.0 Å². The van der Waals surface area contributed by atoms with Crippen molar-refractivity contribution < 1.29 is 39.6 Å². The molecule has 0 saturated heterocycles. The Morgan fingerprint density at radius 3 is 2.03 bits per heavy atom. The van der Waals surface area contributed by atoms with E-state index in [4.69, 9.17) is 20.9 Å². The lowest BCUT2D eigenvalue weighted by Gasteiger charge is -2.14. The molecule has 0 radical (unpaired) electrons. The summed E-state index contributed by atoms with van der Waals surface area (Å²) >= 11 is 0. The topological polar surface area (TPSA) is 213 Å². The van der Waals surface area contributed by atoms with E-state index in [1.54, 1.807) is 30.3 Å². The van der Waals surface area contributed by atoms with E-state index in [1.165, 1.54) is 18.2 Å². The molecule has 35 heavy (non-hydrogen) atoms. The largest absolute Gasteiger partial charge is 0.480 e. The summed E-state index contributed by atoms with van der Waals surface area (Å²) in [5, 5.41) is 44.9. The van der Waals surface area contributed by atoms with Gasteiger partial charge in [0.1, 0.15) is 12.1 Å². The smallest absolute Gasteiger partial charge is 0.432 e. The highest BCUT2D eigenvalue weighted by molar-refractivity contribution is 6.13. The molecule has 0 aliphatic heterocycles. The molecule has 0 unspecified atom stereocenters. The molecule has 0 aromatic heterocycles. The number of nitro groups is 1. The zero-order valence-electron chi connectivity index (χ0n) is 19.4. The molecule has 7 N–H and O–H groups in total. The van der Waals surface area contributed by atoms with Gasteiger partial charge in [0.25, 0.3) is 11.6 Å². The van der Waals surface area contributed by atoms with E-state index in [1.807, 2.05) is 13.8 Å². The minimum Gasteiger partial charge on any atom is -0.480 e. The average molecular weight is 491 g/mol. The molecule has 0 heterocycles. The highest BCUT2D eigenvalue weighted by Gasteiger charge is 2.22. The van der Waals surface area contributed by atoms with Crippen LogP contribution in [0.1, 0.15) is 36.2 Å². The molecule has 0 spiro atoms. The summed E-state index contributed by atoms with van der Waals surface area (Å²) in [5.74, 6) is -2.40. The number of aliphatic carboxylic acids is 2. The van der Waals surface area contributed by atoms with Crippen molar-refractivity contribution in [2.75, 3.05) is 0 Å². The van der Waals surface area contributed by atoms with Gasteiger partial charge in [-0.1, -0.05) is 50.2 Å². The molecule has 13 heteroatoms. The monoisotopic (exact) mass is 491 g/mol. The Hall–Kier alpha value is -3.81. The number of carboxylic acid groups (broad SMARTS) is 2. The summed E-state index contributed by atoms with van der Waals surface area (Å²) in [4.78, 5) is 43.7. The number of nitrogens with zero attached hydrogens (tertiary/aromatic N) is 1. The third kappa shape index (κ3) is 13.5. The Morgan fingerprint density at radius 2 is 1.60 bits per heavy atom. The predicted octanol–water partition coefficient (Wildman–Crippen LogP) is 0.702. The molecule has 0 fully saturated rings. The number of carbonyl (C=O) groups excluding carboxylic acids is 1. The van der Waals surface area contributed by atoms with E-state index in [2.05, 4.69) is 5.32 Å². The van der Waals surface area contributed by atoms with Crippen molar-refractivity contribution >= 4 is 31.2 Å². The minimum atomic E-state index is -1.17. The molecule has 2 atom stereocenters. The first-order chi connectivity index (χ1) is 16.4. The van der Waals surface area contributed by atoms with Gasteiger partial charge in [0.05, 0.1) is 4.92 Å². The van der Waals surface area contributed by atoms with Gasteiger partial charge in [0.2, 0.25) is 0 Å². The van der Waals surface area contributed by atoms with Gasteiger partial charge in [0.15, 0.2) is 0 Å².